The number of aromatic nitrogens is 1. The topological polar surface area (TPSA) is 28.2 Å². The Labute approximate surface area is 131 Å². The summed E-state index contributed by atoms with van der Waals surface area (Å²) in [6.07, 6.45) is 6.39. The molecule has 21 heavy (non-hydrogen) atoms. The molecule has 3 nitrogen and oxygen atoms in total. The van der Waals surface area contributed by atoms with E-state index in [1.54, 1.807) is 0 Å². The predicted octanol–water partition coefficient (Wildman–Crippen LogP) is 4.23. The number of hydrogen-bond acceptors (Lipinski definition) is 3. The number of nitrogens with one attached hydrogen (secondary N) is 1. The lowest BCUT2D eigenvalue weighted by molar-refractivity contribution is 0.423. The molecule has 0 saturated heterocycles. The zero-order valence-corrected chi connectivity index (χ0v) is 14.7. The summed E-state index contributed by atoms with van der Waals surface area (Å²) in [7, 11) is 0. The molecule has 0 radical (unpaired) electrons. The van der Waals surface area contributed by atoms with E-state index in [1.165, 1.54) is 24.1 Å². The van der Waals surface area contributed by atoms with Gasteiger partial charge in [-0.15, -0.1) is 0 Å². The molecule has 0 aliphatic rings. The van der Waals surface area contributed by atoms with E-state index in [2.05, 4.69) is 62.8 Å². The number of hydrogen-bond donors (Lipinski definition) is 1. The Kier molecular flexibility index (Phi) is 7.16. The molecule has 0 saturated carbocycles. The summed E-state index contributed by atoms with van der Waals surface area (Å²) < 4.78 is 0. The maximum atomic E-state index is 4.35. The Morgan fingerprint density at radius 2 is 1.86 bits per heavy atom. The highest BCUT2D eigenvalue weighted by molar-refractivity contribution is 5.51. The fourth-order valence-corrected chi connectivity index (χ4v) is 2.47. The molecule has 0 fully saturated rings. The summed E-state index contributed by atoms with van der Waals surface area (Å²) in [4.78, 5) is 6.82. The van der Waals surface area contributed by atoms with Crippen molar-refractivity contribution >= 4 is 5.69 Å². The SMILES string of the molecule is CCC(CC)CN(CC)c1cnccc1CNC(C)(C)C. The van der Waals surface area contributed by atoms with Crippen LogP contribution in [-0.4, -0.2) is 23.6 Å². The van der Waals surface area contributed by atoms with Gasteiger partial charge in [-0.05, 0) is 45.2 Å². The van der Waals surface area contributed by atoms with E-state index >= 15 is 0 Å². The Morgan fingerprint density at radius 3 is 2.38 bits per heavy atom. The van der Waals surface area contributed by atoms with Crippen LogP contribution >= 0.6 is 0 Å². The van der Waals surface area contributed by atoms with Crippen LogP contribution in [0.4, 0.5) is 5.69 Å². The summed E-state index contributed by atoms with van der Waals surface area (Å²) in [5.74, 6) is 0.758. The second-order valence-electron chi connectivity index (χ2n) is 6.83. The normalized spacial score (nSPS) is 12.0. The van der Waals surface area contributed by atoms with Crippen LogP contribution in [0.25, 0.3) is 0 Å². The quantitative estimate of drug-likeness (QED) is 0.777. The van der Waals surface area contributed by atoms with Gasteiger partial charge < -0.3 is 10.2 Å². The summed E-state index contributed by atoms with van der Waals surface area (Å²) in [6.45, 7) is 16.5. The molecule has 0 aliphatic carbocycles. The molecule has 1 heterocycles. The third-order valence-electron chi connectivity index (χ3n) is 4.05. The lowest BCUT2D eigenvalue weighted by Gasteiger charge is -2.30. The van der Waals surface area contributed by atoms with Crippen molar-refractivity contribution in [1.82, 2.24) is 10.3 Å². The largest absolute Gasteiger partial charge is 0.370 e. The molecule has 1 aromatic heterocycles. The van der Waals surface area contributed by atoms with Gasteiger partial charge in [0.2, 0.25) is 0 Å². The average Bonchev–Trinajstić information content (AvgIpc) is 2.46. The summed E-state index contributed by atoms with van der Waals surface area (Å²) >= 11 is 0. The van der Waals surface area contributed by atoms with E-state index in [0.717, 1.165) is 25.6 Å². The van der Waals surface area contributed by atoms with Gasteiger partial charge in [-0.25, -0.2) is 0 Å². The lowest BCUT2D eigenvalue weighted by Crippen LogP contribution is -2.36. The van der Waals surface area contributed by atoms with E-state index < -0.39 is 0 Å². The van der Waals surface area contributed by atoms with Gasteiger partial charge in [-0.2, -0.15) is 0 Å². The fraction of sp³-hybridized carbons (Fsp3) is 0.722. The Balaban J connectivity index is 2.88. The monoisotopic (exact) mass is 291 g/mol. The molecule has 0 amide bonds. The lowest BCUT2D eigenvalue weighted by atomic mass is 10.0. The Bertz CT molecular complexity index is 405. The van der Waals surface area contributed by atoms with Gasteiger partial charge in [-0.1, -0.05) is 26.7 Å². The molecule has 0 aromatic carbocycles. The van der Waals surface area contributed by atoms with Crippen LogP contribution in [0.5, 0.6) is 0 Å². The van der Waals surface area contributed by atoms with Crippen LogP contribution in [0.15, 0.2) is 18.5 Å². The van der Waals surface area contributed by atoms with Gasteiger partial charge >= 0.3 is 0 Å². The molecule has 3 heteroatoms. The second-order valence-corrected chi connectivity index (χ2v) is 6.83. The molecule has 1 aromatic rings. The third kappa shape index (κ3) is 6.04. The van der Waals surface area contributed by atoms with Crippen molar-refractivity contribution in [2.45, 2.75) is 66.5 Å². The van der Waals surface area contributed by atoms with Crippen LogP contribution in [0.2, 0.25) is 0 Å². The van der Waals surface area contributed by atoms with E-state index in [0.29, 0.717) is 0 Å². The smallest absolute Gasteiger partial charge is 0.0598 e. The van der Waals surface area contributed by atoms with Crippen molar-refractivity contribution in [3.8, 4) is 0 Å². The molecule has 1 N–H and O–H groups in total. The number of pyridine rings is 1. The van der Waals surface area contributed by atoms with Crippen molar-refractivity contribution in [2.24, 2.45) is 5.92 Å². The summed E-state index contributed by atoms with van der Waals surface area (Å²) in [5.41, 5.74) is 2.75. The van der Waals surface area contributed by atoms with Crippen LogP contribution in [0.3, 0.4) is 0 Å². The minimum atomic E-state index is 0.132. The first-order valence-corrected chi connectivity index (χ1v) is 8.34. The van der Waals surface area contributed by atoms with E-state index in [1.807, 2.05) is 12.4 Å². The minimum Gasteiger partial charge on any atom is -0.370 e. The van der Waals surface area contributed by atoms with Gasteiger partial charge in [0.25, 0.3) is 0 Å². The van der Waals surface area contributed by atoms with Crippen molar-refractivity contribution in [3.63, 3.8) is 0 Å². The fourth-order valence-electron chi connectivity index (χ4n) is 2.47. The zero-order valence-electron chi connectivity index (χ0n) is 14.7. The van der Waals surface area contributed by atoms with Crippen LogP contribution in [0, 0.1) is 5.92 Å². The van der Waals surface area contributed by atoms with Crippen LogP contribution < -0.4 is 10.2 Å². The highest BCUT2D eigenvalue weighted by atomic mass is 15.1. The Morgan fingerprint density at radius 1 is 1.19 bits per heavy atom. The summed E-state index contributed by atoms with van der Waals surface area (Å²) in [6, 6.07) is 2.14. The van der Waals surface area contributed by atoms with Gasteiger partial charge in [0.15, 0.2) is 0 Å². The number of anilines is 1. The Hall–Kier alpha value is -1.09. The molecule has 0 bridgehead atoms. The molecular weight excluding hydrogens is 258 g/mol. The van der Waals surface area contributed by atoms with Gasteiger partial charge in [0, 0.05) is 31.4 Å². The van der Waals surface area contributed by atoms with Crippen molar-refractivity contribution < 1.29 is 0 Å². The van der Waals surface area contributed by atoms with E-state index in [-0.39, 0.29) is 5.54 Å². The van der Waals surface area contributed by atoms with Crippen LogP contribution in [-0.2, 0) is 6.54 Å². The minimum absolute atomic E-state index is 0.132. The first kappa shape index (κ1) is 18.0. The second kappa shape index (κ2) is 8.38. The zero-order chi connectivity index (χ0) is 15.9. The molecule has 1 rings (SSSR count). The molecular formula is C18H33N3. The standard InChI is InChI=1S/C18H33N3/c1-7-15(8-2)14-21(9-3)17-13-19-11-10-16(17)12-20-18(4,5)6/h10-11,13,15,20H,7-9,12,14H2,1-6H3. The van der Waals surface area contributed by atoms with Crippen molar-refractivity contribution in [1.29, 1.82) is 0 Å². The van der Waals surface area contributed by atoms with Crippen LogP contribution in [0.1, 0.15) is 59.9 Å². The first-order valence-electron chi connectivity index (χ1n) is 8.34. The van der Waals surface area contributed by atoms with Crippen molar-refractivity contribution in [2.75, 3.05) is 18.0 Å². The van der Waals surface area contributed by atoms with Gasteiger partial charge in [0.1, 0.15) is 0 Å². The number of nitrogens with zero attached hydrogens (tertiary/aromatic N) is 2. The highest BCUT2D eigenvalue weighted by Gasteiger charge is 2.15. The number of rotatable bonds is 8. The van der Waals surface area contributed by atoms with E-state index in [4.69, 9.17) is 0 Å². The van der Waals surface area contributed by atoms with Gasteiger partial charge in [-0.3, -0.25) is 4.98 Å². The highest BCUT2D eigenvalue weighted by Crippen LogP contribution is 2.22. The molecule has 0 unspecified atom stereocenters. The third-order valence-corrected chi connectivity index (χ3v) is 4.05. The average molecular weight is 291 g/mol. The summed E-state index contributed by atoms with van der Waals surface area (Å²) in [5, 5.41) is 3.58. The van der Waals surface area contributed by atoms with Crippen molar-refractivity contribution in [3.05, 3.63) is 24.0 Å². The molecule has 120 valence electrons. The molecule has 0 aliphatic heterocycles. The predicted molar refractivity (Wildman–Crippen MR) is 92.8 cm³/mol. The molecule has 0 spiro atoms. The molecule has 0 atom stereocenters. The van der Waals surface area contributed by atoms with Gasteiger partial charge in [0.05, 0.1) is 11.9 Å². The maximum absolute atomic E-state index is 4.35. The maximum Gasteiger partial charge on any atom is 0.0598 e. The first-order chi connectivity index (χ1) is 9.91. The van der Waals surface area contributed by atoms with E-state index in [9.17, 15) is 0 Å².